The zero-order valence-corrected chi connectivity index (χ0v) is 12.6. The summed E-state index contributed by atoms with van der Waals surface area (Å²) in [6.45, 7) is 0. The minimum Gasteiger partial charge on any atom is -0.218 e. The lowest BCUT2D eigenvalue weighted by Crippen LogP contribution is -1.92. The Morgan fingerprint density at radius 2 is 1.09 bits per heavy atom. The van der Waals surface area contributed by atoms with E-state index in [1.54, 1.807) is 24.3 Å². The zero-order chi connectivity index (χ0) is 16.2. The van der Waals surface area contributed by atoms with Crippen molar-refractivity contribution in [2.24, 2.45) is 0 Å². The molecule has 1 heterocycles. The lowest BCUT2D eigenvalue weighted by atomic mass is 10.1. The Morgan fingerprint density at radius 3 is 1.43 bits per heavy atom. The first-order valence-corrected chi connectivity index (χ1v) is 7.13. The van der Waals surface area contributed by atoms with E-state index in [-0.39, 0.29) is 5.28 Å². The molecule has 0 spiro atoms. The molecule has 4 nitrogen and oxygen atoms in total. The summed E-state index contributed by atoms with van der Waals surface area (Å²) in [6, 6.07) is 20.2. The largest absolute Gasteiger partial charge is 0.223 e. The van der Waals surface area contributed by atoms with Crippen LogP contribution in [0.2, 0.25) is 5.28 Å². The first kappa shape index (κ1) is 14.7. The van der Waals surface area contributed by atoms with Gasteiger partial charge >= 0.3 is 0 Å². The molecule has 0 unspecified atom stereocenters. The molecule has 5 heteroatoms. The van der Waals surface area contributed by atoms with Gasteiger partial charge < -0.3 is 0 Å². The minimum absolute atomic E-state index is 0.145. The molecule has 0 aliphatic carbocycles. The van der Waals surface area contributed by atoms with Gasteiger partial charge in [-0.25, -0.2) is 9.97 Å². The van der Waals surface area contributed by atoms with Crippen molar-refractivity contribution >= 4 is 11.6 Å². The highest BCUT2D eigenvalue weighted by atomic mass is 35.5. The third-order valence-electron chi connectivity index (χ3n) is 3.32. The summed E-state index contributed by atoms with van der Waals surface area (Å²) in [5.41, 5.74) is 4.22. The predicted molar refractivity (Wildman–Crippen MR) is 87.3 cm³/mol. The van der Waals surface area contributed by atoms with Gasteiger partial charge in [0, 0.05) is 11.1 Å². The van der Waals surface area contributed by atoms with Crippen molar-refractivity contribution in [3.63, 3.8) is 0 Å². The monoisotopic (exact) mass is 316 g/mol. The quantitative estimate of drug-likeness (QED) is 0.664. The molecular weight excluding hydrogens is 308 g/mol. The predicted octanol–water partition coefficient (Wildman–Crippen LogP) is 4.21. The van der Waals surface area contributed by atoms with Gasteiger partial charge in [0.25, 0.3) is 0 Å². The van der Waals surface area contributed by atoms with Crippen LogP contribution < -0.4 is 0 Å². The van der Waals surface area contributed by atoms with Crippen LogP contribution in [0.4, 0.5) is 0 Å². The number of hydrogen-bond acceptors (Lipinski definition) is 4. The number of benzene rings is 2. The topological polar surface area (TPSA) is 73.4 Å². The van der Waals surface area contributed by atoms with Crippen LogP contribution in [0, 0.1) is 22.7 Å². The van der Waals surface area contributed by atoms with E-state index >= 15 is 0 Å². The van der Waals surface area contributed by atoms with E-state index in [2.05, 4.69) is 22.1 Å². The molecule has 23 heavy (non-hydrogen) atoms. The highest BCUT2D eigenvalue weighted by Gasteiger charge is 2.08. The Hall–Kier alpha value is -3.21. The van der Waals surface area contributed by atoms with Crippen molar-refractivity contribution in [1.82, 2.24) is 9.97 Å². The smallest absolute Gasteiger partial charge is 0.218 e. The second kappa shape index (κ2) is 6.27. The molecule has 0 bridgehead atoms. The van der Waals surface area contributed by atoms with E-state index in [0.29, 0.717) is 22.5 Å². The molecule has 0 N–H and O–H groups in total. The molecule has 0 aliphatic heterocycles. The van der Waals surface area contributed by atoms with Gasteiger partial charge in [-0.3, -0.25) is 0 Å². The third-order valence-corrected chi connectivity index (χ3v) is 3.49. The second-order valence-corrected chi connectivity index (χ2v) is 5.12. The zero-order valence-electron chi connectivity index (χ0n) is 11.9. The molecule has 3 rings (SSSR count). The second-order valence-electron chi connectivity index (χ2n) is 4.79. The number of hydrogen-bond donors (Lipinski definition) is 0. The average molecular weight is 317 g/mol. The lowest BCUT2D eigenvalue weighted by molar-refractivity contribution is 1.18. The average Bonchev–Trinajstić information content (AvgIpc) is 2.61. The summed E-state index contributed by atoms with van der Waals surface area (Å²) >= 11 is 6.04. The van der Waals surface area contributed by atoms with E-state index in [4.69, 9.17) is 22.1 Å². The van der Waals surface area contributed by atoms with Crippen LogP contribution in [-0.2, 0) is 0 Å². The molecule has 2 aromatic carbocycles. The first-order chi connectivity index (χ1) is 11.2. The number of halogens is 1. The van der Waals surface area contributed by atoms with Gasteiger partial charge in [0.2, 0.25) is 5.28 Å². The Balaban J connectivity index is 2.04. The molecule has 1 aromatic heterocycles. The van der Waals surface area contributed by atoms with Crippen LogP contribution in [0.25, 0.3) is 22.5 Å². The maximum absolute atomic E-state index is 8.86. The minimum atomic E-state index is 0.145. The van der Waals surface area contributed by atoms with E-state index in [1.165, 1.54) is 0 Å². The van der Waals surface area contributed by atoms with E-state index in [1.807, 2.05) is 30.3 Å². The van der Waals surface area contributed by atoms with Gasteiger partial charge in [-0.05, 0) is 41.9 Å². The van der Waals surface area contributed by atoms with Crippen LogP contribution in [0.3, 0.4) is 0 Å². The Morgan fingerprint density at radius 1 is 0.696 bits per heavy atom. The number of nitriles is 2. The third kappa shape index (κ3) is 3.18. The molecule has 0 amide bonds. The Labute approximate surface area is 138 Å². The summed E-state index contributed by atoms with van der Waals surface area (Å²) in [6.07, 6.45) is 0. The van der Waals surface area contributed by atoms with Gasteiger partial charge in [0.05, 0.1) is 34.7 Å². The molecule has 108 valence electrons. The fourth-order valence-corrected chi connectivity index (χ4v) is 2.33. The number of rotatable bonds is 2. The van der Waals surface area contributed by atoms with Crippen molar-refractivity contribution in [3.8, 4) is 34.7 Å². The van der Waals surface area contributed by atoms with E-state index < -0.39 is 0 Å². The van der Waals surface area contributed by atoms with E-state index in [0.717, 1.165) is 11.1 Å². The van der Waals surface area contributed by atoms with Gasteiger partial charge in [-0.2, -0.15) is 10.5 Å². The van der Waals surface area contributed by atoms with Crippen LogP contribution in [0.15, 0.2) is 54.6 Å². The fraction of sp³-hybridized carbons (Fsp3) is 0. The Bertz CT molecular complexity index is 857. The molecule has 0 aliphatic rings. The SMILES string of the molecule is N#Cc1ccc(-c2cc(-c3ccc(C#N)cc3)nc(Cl)n2)cc1. The van der Waals surface area contributed by atoms with Gasteiger partial charge in [-0.1, -0.05) is 24.3 Å². The maximum atomic E-state index is 8.86. The fourth-order valence-electron chi connectivity index (χ4n) is 2.14. The summed E-state index contributed by atoms with van der Waals surface area (Å²) in [5.74, 6) is 0. The van der Waals surface area contributed by atoms with Crippen LogP contribution in [-0.4, -0.2) is 9.97 Å². The van der Waals surface area contributed by atoms with Crippen LogP contribution in [0.1, 0.15) is 11.1 Å². The van der Waals surface area contributed by atoms with E-state index in [9.17, 15) is 0 Å². The van der Waals surface area contributed by atoms with Crippen molar-refractivity contribution in [3.05, 3.63) is 71.0 Å². The molecule has 0 saturated heterocycles. The van der Waals surface area contributed by atoms with Crippen molar-refractivity contribution < 1.29 is 0 Å². The molecule has 0 atom stereocenters. The number of aromatic nitrogens is 2. The van der Waals surface area contributed by atoms with Crippen LogP contribution in [0.5, 0.6) is 0 Å². The highest BCUT2D eigenvalue weighted by Crippen LogP contribution is 2.25. The lowest BCUT2D eigenvalue weighted by Gasteiger charge is -2.06. The van der Waals surface area contributed by atoms with Crippen molar-refractivity contribution in [2.45, 2.75) is 0 Å². The van der Waals surface area contributed by atoms with Crippen molar-refractivity contribution in [1.29, 1.82) is 10.5 Å². The maximum Gasteiger partial charge on any atom is 0.223 e. The molecule has 0 saturated carbocycles. The number of nitrogens with zero attached hydrogens (tertiary/aromatic N) is 4. The van der Waals surface area contributed by atoms with Crippen LogP contribution >= 0.6 is 11.6 Å². The summed E-state index contributed by atoms with van der Waals surface area (Å²) in [7, 11) is 0. The normalized spacial score (nSPS) is 9.87. The molecule has 3 aromatic rings. The molecule has 0 radical (unpaired) electrons. The highest BCUT2D eigenvalue weighted by molar-refractivity contribution is 6.28. The summed E-state index contributed by atoms with van der Waals surface area (Å²) < 4.78 is 0. The van der Waals surface area contributed by atoms with Gasteiger partial charge in [0.15, 0.2) is 0 Å². The summed E-state index contributed by atoms with van der Waals surface area (Å²) in [5, 5.41) is 17.9. The first-order valence-electron chi connectivity index (χ1n) is 6.75. The Kier molecular flexibility index (Phi) is 4.01. The van der Waals surface area contributed by atoms with Gasteiger partial charge in [-0.15, -0.1) is 0 Å². The van der Waals surface area contributed by atoms with Gasteiger partial charge in [0.1, 0.15) is 0 Å². The molecular formula is C18H9ClN4. The summed E-state index contributed by atoms with van der Waals surface area (Å²) in [4.78, 5) is 8.48. The van der Waals surface area contributed by atoms with Crippen molar-refractivity contribution in [2.75, 3.05) is 0 Å². The standard InChI is InChI=1S/C18H9ClN4/c19-18-22-16(14-5-1-12(10-20)2-6-14)9-17(23-18)15-7-3-13(11-21)4-8-15/h1-9H. The molecule has 0 fully saturated rings.